The molecule has 0 bridgehead atoms. The van der Waals surface area contributed by atoms with E-state index in [1.54, 1.807) is 30.3 Å². The molecule has 344 valence electrons. The molecule has 3 N–H and O–H groups in total. The second kappa shape index (κ2) is 29.9. The summed E-state index contributed by atoms with van der Waals surface area (Å²) in [6, 6.07) is 22.9. The van der Waals surface area contributed by atoms with Crippen molar-refractivity contribution in [2.45, 2.75) is 95.8 Å². The minimum Gasteiger partial charge on any atom is -0.465 e. The summed E-state index contributed by atoms with van der Waals surface area (Å²) < 4.78 is 24.2. The molecule has 63 heavy (non-hydrogen) atoms. The zero-order valence-corrected chi connectivity index (χ0v) is 40.1. The number of nitrogens with zero attached hydrogens (tertiary/aromatic N) is 4. The number of halogens is 1. The lowest BCUT2D eigenvalue weighted by Crippen LogP contribution is -2.34. The van der Waals surface area contributed by atoms with Gasteiger partial charge >= 0.3 is 5.97 Å². The number of nitrogens with two attached hydrogens (primary N) is 1. The van der Waals surface area contributed by atoms with Gasteiger partial charge < -0.3 is 29.6 Å². The van der Waals surface area contributed by atoms with Gasteiger partial charge in [-0.2, -0.15) is 5.26 Å². The largest absolute Gasteiger partial charge is 0.465 e. The molecular weight excluding hydrogens is 859 g/mol. The number of carbonyl (C=O) groups excluding carboxylic acids is 4. The van der Waals surface area contributed by atoms with Crippen LogP contribution in [0.1, 0.15) is 98.9 Å². The number of aldehydes is 2. The number of carbonyl (C=O) groups is 4. The lowest BCUT2D eigenvalue weighted by Gasteiger charge is -2.21. The average molecular weight is 926 g/mol. The van der Waals surface area contributed by atoms with Crippen molar-refractivity contribution in [2.75, 3.05) is 47.4 Å². The zero-order chi connectivity index (χ0) is 46.7. The van der Waals surface area contributed by atoms with Crippen molar-refractivity contribution in [3.8, 4) is 6.07 Å². The van der Waals surface area contributed by atoms with Gasteiger partial charge in [0.05, 0.1) is 40.2 Å². The smallest absolute Gasteiger partial charge is 0.323 e. The van der Waals surface area contributed by atoms with E-state index in [1.165, 1.54) is 51.4 Å². The van der Waals surface area contributed by atoms with Crippen molar-refractivity contribution < 1.29 is 33.0 Å². The van der Waals surface area contributed by atoms with E-state index < -0.39 is 19.5 Å². The third kappa shape index (κ3) is 18.4. The topological polar surface area (TPSA) is 185 Å². The highest BCUT2D eigenvalue weighted by atomic mass is 35.5. The van der Waals surface area contributed by atoms with Gasteiger partial charge in [-0.25, -0.2) is 5.09 Å². The van der Waals surface area contributed by atoms with E-state index in [-0.39, 0.29) is 23.5 Å². The second-order valence-electron chi connectivity index (χ2n) is 15.2. The summed E-state index contributed by atoms with van der Waals surface area (Å²) in [6.07, 6.45) is 14.4. The van der Waals surface area contributed by atoms with Crippen molar-refractivity contribution in [1.82, 2.24) is 19.9 Å². The summed E-state index contributed by atoms with van der Waals surface area (Å²) in [5, 5.41) is 13.7. The van der Waals surface area contributed by atoms with Gasteiger partial charge in [0.1, 0.15) is 12.3 Å². The number of ether oxygens (including phenoxy) is 1. The Bertz CT molecular complexity index is 2010. The van der Waals surface area contributed by atoms with Gasteiger partial charge in [-0.1, -0.05) is 74.3 Å². The van der Waals surface area contributed by atoms with Crippen LogP contribution in [0.4, 0.5) is 0 Å². The van der Waals surface area contributed by atoms with E-state index in [0.29, 0.717) is 23.1 Å². The van der Waals surface area contributed by atoms with Crippen molar-refractivity contribution in [2.24, 2.45) is 11.7 Å². The number of thiophene rings is 1. The number of benzene rings is 2. The lowest BCUT2D eigenvalue weighted by molar-refractivity contribution is -0.145. The monoisotopic (exact) mass is 924 g/mol. The molecule has 4 atom stereocenters. The molecule has 3 unspecified atom stereocenters. The number of likely N-dealkylation sites (tertiary alicyclic amines) is 2. The number of nitriles is 1. The first-order chi connectivity index (χ1) is 30.4. The van der Waals surface area contributed by atoms with E-state index >= 15 is 0 Å². The molecule has 2 aliphatic heterocycles. The fraction of sp³-hybridized carbons (Fsp3) is 0.489. The maximum atomic E-state index is 12.9. The number of hydrogen-bond donors (Lipinski definition) is 2. The molecule has 13 nitrogen and oxygen atoms in total. The van der Waals surface area contributed by atoms with E-state index in [4.69, 9.17) is 20.9 Å². The van der Waals surface area contributed by atoms with Gasteiger partial charge in [0, 0.05) is 43.1 Å². The van der Waals surface area contributed by atoms with Gasteiger partial charge in [0.2, 0.25) is 6.41 Å². The van der Waals surface area contributed by atoms with Crippen LogP contribution >= 0.6 is 30.5 Å². The van der Waals surface area contributed by atoms with E-state index in [2.05, 4.69) is 40.7 Å². The molecule has 3 fully saturated rings. The van der Waals surface area contributed by atoms with Crippen molar-refractivity contribution >= 4 is 65.5 Å². The first-order valence-electron chi connectivity index (χ1n) is 21.4. The molecule has 0 radical (unpaired) electrons. The number of aromatic nitrogens is 1. The van der Waals surface area contributed by atoms with Crippen LogP contribution in [0.3, 0.4) is 0 Å². The highest BCUT2D eigenvalue weighted by Crippen LogP contribution is 2.57. The van der Waals surface area contributed by atoms with E-state index in [1.807, 2.05) is 67.6 Å². The third-order valence-electron chi connectivity index (χ3n) is 10.4. The van der Waals surface area contributed by atoms with Crippen LogP contribution in [0, 0.1) is 17.2 Å². The summed E-state index contributed by atoms with van der Waals surface area (Å²) >= 11 is 7.35. The van der Waals surface area contributed by atoms with Crippen LogP contribution in [-0.2, 0) is 34.4 Å². The molecule has 1 saturated carbocycles. The zero-order valence-electron chi connectivity index (χ0n) is 37.6. The molecule has 3 aliphatic rings. The lowest BCUT2D eigenvalue weighted by atomic mass is 9.86. The predicted molar refractivity (Wildman–Crippen MR) is 254 cm³/mol. The summed E-state index contributed by atoms with van der Waals surface area (Å²) in [6.45, 7) is 9.13. The van der Waals surface area contributed by atoms with Gasteiger partial charge in [-0.15, -0.1) is 11.3 Å². The molecule has 16 heteroatoms. The third-order valence-corrected chi connectivity index (χ3v) is 13.8. The number of rotatable bonds is 14. The molecular formula is C47H66ClN6O7PS. The quantitative estimate of drug-likeness (QED) is 0.0530. The number of esters is 1. The highest BCUT2D eigenvalue weighted by molar-refractivity contribution is 7.56. The van der Waals surface area contributed by atoms with Crippen molar-refractivity contribution in [3.05, 3.63) is 100 Å². The number of amides is 1. The van der Waals surface area contributed by atoms with Crippen LogP contribution in [0.15, 0.2) is 79.1 Å². The Morgan fingerprint density at radius 2 is 1.71 bits per heavy atom. The molecule has 1 spiro atoms. The minimum absolute atomic E-state index is 0.0221. The summed E-state index contributed by atoms with van der Waals surface area (Å²) in [5.74, 6) is -0.583. The molecule has 7 rings (SSSR count). The Hall–Kier alpha value is -4.32. The number of nitrogens with one attached hydrogen (secondary N) is 1. The predicted octanol–water partition coefficient (Wildman–Crippen LogP) is 9.30. The van der Waals surface area contributed by atoms with Crippen LogP contribution in [0.25, 0.3) is 10.1 Å². The maximum absolute atomic E-state index is 12.9. The number of fused-ring (bicyclic) bond motifs is 1. The second-order valence-corrected chi connectivity index (χ2v) is 19.0. The van der Waals surface area contributed by atoms with Crippen molar-refractivity contribution in [3.63, 3.8) is 0 Å². The van der Waals surface area contributed by atoms with Crippen molar-refractivity contribution in [1.29, 1.82) is 5.26 Å². The average Bonchev–Trinajstić information content (AvgIpc) is 3.59. The summed E-state index contributed by atoms with van der Waals surface area (Å²) in [5.41, 5.74) is 6.03. The molecule has 2 aromatic carbocycles. The molecule has 4 heterocycles. The number of pyridine rings is 1. The molecule has 2 saturated heterocycles. The van der Waals surface area contributed by atoms with Gasteiger partial charge in [0.25, 0.3) is 7.52 Å². The fourth-order valence-electron chi connectivity index (χ4n) is 6.96. The Morgan fingerprint density at radius 1 is 1.06 bits per heavy atom. The molecule has 1 amide bonds. The number of unbranched alkanes of at least 4 members (excludes halogenated alkanes) is 2. The Balaban J connectivity index is 0.000000308. The highest BCUT2D eigenvalue weighted by Gasteiger charge is 2.61. The molecule has 1 aliphatic carbocycles. The Kier molecular flexibility index (Phi) is 26.0. The standard InChI is InChI=1S/C17H22NO5PS.C13H12ClN3O.C6H6.C5H11N.C5H10O.CH5N/c1-4-7-23-17(20)12(2)18-24(21,22-3)11-13-5-6-16-14(8-13)9-15(10-19)25-16;14-10-3-9(5-16-6-10)11-7-17(8-18)13(1-2-13)12(11)4-15;1-2-4-6-5-3-1;1-6-4-2-3-5-6;1-2-3-4-5-6;1-2/h5-6,8-10,12H,4,7,11H2,1-3H3,(H,18,21);3,5-6,8,11-12H,1-2,7H2;1-6H;2-5H2,1H3;5H,2-4H2,1H3;2H2,1H3/t;11-,12?;;;;/m.0..../s1. The van der Waals surface area contributed by atoms with Crippen LogP contribution in [0.5, 0.6) is 0 Å². The van der Waals surface area contributed by atoms with Crippen LogP contribution in [0.2, 0.25) is 5.02 Å². The van der Waals surface area contributed by atoms with Gasteiger partial charge in [0.15, 0.2) is 6.29 Å². The van der Waals surface area contributed by atoms with Gasteiger partial charge in [-0.3, -0.25) is 23.9 Å². The molecule has 2 aromatic heterocycles. The SMILES string of the molecule is CCCCC=O.CCCOC(=O)C(C)NP(=O)(Cc1ccc2sc(C=O)cc2c1)OC.CN.CN1CCCC1.N#CC1[C@H](c2cncc(Cl)c2)CN(C=O)C12CC2.c1ccccc1. The van der Waals surface area contributed by atoms with Gasteiger partial charge in [-0.05, 0) is 113 Å². The first kappa shape index (κ1) is 54.8. The minimum atomic E-state index is -3.26. The first-order valence-corrected chi connectivity index (χ1v) is 24.4. The Morgan fingerprint density at radius 3 is 2.17 bits per heavy atom. The number of hydrogen-bond acceptors (Lipinski definition) is 12. The summed E-state index contributed by atoms with van der Waals surface area (Å²) in [4.78, 5) is 52.3. The molecule has 4 aromatic rings. The van der Waals surface area contributed by atoms with E-state index in [0.717, 1.165) is 78.7 Å². The van der Waals surface area contributed by atoms with E-state index in [9.17, 15) is 29.0 Å². The van der Waals surface area contributed by atoms with Crippen LogP contribution in [-0.4, -0.2) is 98.8 Å². The maximum Gasteiger partial charge on any atom is 0.323 e. The summed E-state index contributed by atoms with van der Waals surface area (Å²) in [7, 11) is 1.77. The van der Waals surface area contributed by atoms with Crippen LogP contribution < -0.4 is 10.8 Å². The Labute approximate surface area is 383 Å². The fourth-order valence-corrected chi connectivity index (χ4v) is 9.70. The normalized spacial score (nSPS) is 18.0.